The van der Waals surface area contributed by atoms with Crippen LogP contribution >= 0.6 is 11.6 Å². The van der Waals surface area contributed by atoms with E-state index in [-0.39, 0.29) is 18.2 Å². The Kier molecular flexibility index (Phi) is 5.25. The summed E-state index contributed by atoms with van der Waals surface area (Å²) in [7, 11) is 1.75. The predicted octanol–water partition coefficient (Wildman–Crippen LogP) is 1.61. The van der Waals surface area contributed by atoms with Crippen LogP contribution in [0.15, 0.2) is 18.2 Å². The van der Waals surface area contributed by atoms with Crippen LogP contribution < -0.4 is 5.32 Å². The summed E-state index contributed by atoms with van der Waals surface area (Å²) in [5.41, 5.74) is 0.685. The van der Waals surface area contributed by atoms with E-state index >= 15 is 0 Å². The highest BCUT2D eigenvalue weighted by Crippen LogP contribution is 2.26. The number of hydrogen-bond acceptors (Lipinski definition) is 3. The summed E-state index contributed by atoms with van der Waals surface area (Å²) in [4.78, 5) is 13.1. The molecule has 0 aliphatic heterocycles. The molecule has 0 unspecified atom stereocenters. The molecule has 94 valence electrons. The Morgan fingerprint density at radius 1 is 1.53 bits per heavy atom. The van der Waals surface area contributed by atoms with Crippen LogP contribution in [0.25, 0.3) is 0 Å². The van der Waals surface area contributed by atoms with Gasteiger partial charge in [-0.3, -0.25) is 4.79 Å². The molecule has 5 heteroatoms. The quantitative estimate of drug-likeness (QED) is 0.842. The number of nitrogens with zero attached hydrogens (tertiary/aromatic N) is 1. The normalized spacial score (nSPS) is 10.3. The molecule has 2 N–H and O–H groups in total. The molecule has 4 nitrogen and oxygen atoms in total. The van der Waals surface area contributed by atoms with Crippen molar-refractivity contribution in [1.82, 2.24) is 10.2 Å². The van der Waals surface area contributed by atoms with Crippen LogP contribution in [0.1, 0.15) is 12.5 Å². The first-order valence-corrected chi connectivity index (χ1v) is 5.85. The lowest BCUT2D eigenvalue weighted by Crippen LogP contribution is -2.35. The van der Waals surface area contributed by atoms with Gasteiger partial charge in [-0.2, -0.15) is 0 Å². The van der Waals surface area contributed by atoms with Gasteiger partial charge in [-0.15, -0.1) is 0 Å². The van der Waals surface area contributed by atoms with E-state index in [9.17, 15) is 9.90 Å². The summed E-state index contributed by atoms with van der Waals surface area (Å²) in [6.07, 6.45) is 0. The van der Waals surface area contributed by atoms with Crippen molar-refractivity contribution in [3.8, 4) is 5.75 Å². The van der Waals surface area contributed by atoms with Crippen LogP contribution in [0.5, 0.6) is 5.75 Å². The molecule has 17 heavy (non-hydrogen) atoms. The van der Waals surface area contributed by atoms with Crippen LogP contribution in [0.2, 0.25) is 5.02 Å². The van der Waals surface area contributed by atoms with Crippen molar-refractivity contribution in [2.75, 3.05) is 20.1 Å². The maximum atomic E-state index is 11.5. The number of carbonyl (C=O) groups is 1. The zero-order valence-corrected chi connectivity index (χ0v) is 10.8. The Balaban J connectivity index is 2.46. The molecule has 1 rings (SSSR count). The summed E-state index contributed by atoms with van der Waals surface area (Å²) >= 11 is 5.78. The van der Waals surface area contributed by atoms with Crippen molar-refractivity contribution in [2.24, 2.45) is 0 Å². The Labute approximate surface area is 106 Å². The van der Waals surface area contributed by atoms with E-state index < -0.39 is 0 Å². The monoisotopic (exact) mass is 256 g/mol. The van der Waals surface area contributed by atoms with Crippen molar-refractivity contribution in [3.63, 3.8) is 0 Å². The Bertz CT molecular complexity index is 396. The maximum Gasteiger partial charge on any atom is 0.236 e. The first-order valence-electron chi connectivity index (χ1n) is 5.47. The number of aromatic hydroxyl groups is 1. The molecule has 1 amide bonds. The molecule has 0 saturated heterocycles. The van der Waals surface area contributed by atoms with Gasteiger partial charge in [0.1, 0.15) is 5.75 Å². The topological polar surface area (TPSA) is 52.6 Å². The van der Waals surface area contributed by atoms with Gasteiger partial charge in [0.25, 0.3) is 0 Å². The molecule has 0 aromatic heterocycles. The number of hydrogen-bond donors (Lipinski definition) is 2. The second-order valence-electron chi connectivity index (χ2n) is 3.76. The molecule has 0 aliphatic carbocycles. The van der Waals surface area contributed by atoms with Gasteiger partial charge in [0.05, 0.1) is 11.6 Å². The molecule has 0 bridgehead atoms. The van der Waals surface area contributed by atoms with Crippen molar-refractivity contribution in [2.45, 2.75) is 13.5 Å². The SMILES string of the molecule is CCN(C)C(=O)CNCc1cccc(Cl)c1O. The predicted molar refractivity (Wildman–Crippen MR) is 68.1 cm³/mol. The molecule has 1 aromatic rings. The van der Waals surface area contributed by atoms with Crippen molar-refractivity contribution < 1.29 is 9.90 Å². The van der Waals surface area contributed by atoms with E-state index in [1.807, 2.05) is 6.92 Å². The second-order valence-corrected chi connectivity index (χ2v) is 4.17. The minimum atomic E-state index is 0.0222. The van der Waals surface area contributed by atoms with Crippen molar-refractivity contribution in [3.05, 3.63) is 28.8 Å². The number of nitrogens with one attached hydrogen (secondary N) is 1. The number of phenolic OH excluding ortho intramolecular Hbond substituents is 1. The van der Waals surface area contributed by atoms with Gasteiger partial charge >= 0.3 is 0 Å². The summed E-state index contributed by atoms with van der Waals surface area (Å²) < 4.78 is 0. The zero-order valence-electron chi connectivity index (χ0n) is 10.0. The minimum absolute atomic E-state index is 0.0222. The average molecular weight is 257 g/mol. The fraction of sp³-hybridized carbons (Fsp3) is 0.417. The first kappa shape index (κ1) is 13.8. The fourth-order valence-electron chi connectivity index (χ4n) is 1.32. The third kappa shape index (κ3) is 3.91. The van der Waals surface area contributed by atoms with Gasteiger partial charge in [-0.25, -0.2) is 0 Å². The third-order valence-corrected chi connectivity index (χ3v) is 2.87. The highest BCUT2D eigenvalue weighted by molar-refractivity contribution is 6.32. The number of para-hydroxylation sites is 1. The smallest absolute Gasteiger partial charge is 0.236 e. The number of benzene rings is 1. The average Bonchev–Trinajstić information content (AvgIpc) is 2.33. The standard InChI is InChI=1S/C12H17ClN2O2/c1-3-15(2)11(16)8-14-7-9-5-4-6-10(13)12(9)17/h4-6,14,17H,3,7-8H2,1-2H3. The van der Waals surface area contributed by atoms with E-state index in [1.54, 1.807) is 30.1 Å². The lowest BCUT2D eigenvalue weighted by molar-refractivity contribution is -0.128. The highest BCUT2D eigenvalue weighted by Gasteiger charge is 2.08. The van der Waals surface area contributed by atoms with E-state index in [1.165, 1.54) is 0 Å². The zero-order chi connectivity index (χ0) is 12.8. The summed E-state index contributed by atoms with van der Waals surface area (Å²) in [5.74, 6) is 0.0898. The van der Waals surface area contributed by atoms with E-state index in [0.29, 0.717) is 23.7 Å². The molecule has 0 fully saturated rings. The molecule has 0 spiro atoms. The van der Waals surface area contributed by atoms with Crippen LogP contribution in [-0.2, 0) is 11.3 Å². The Hall–Kier alpha value is -1.26. The van der Waals surface area contributed by atoms with E-state index in [2.05, 4.69) is 5.32 Å². The van der Waals surface area contributed by atoms with Crippen molar-refractivity contribution in [1.29, 1.82) is 0 Å². The molecule has 1 aromatic carbocycles. The van der Waals surface area contributed by atoms with E-state index in [4.69, 9.17) is 11.6 Å². The van der Waals surface area contributed by atoms with Gasteiger partial charge in [-0.1, -0.05) is 23.7 Å². The number of halogens is 1. The lowest BCUT2D eigenvalue weighted by atomic mass is 10.2. The maximum absolute atomic E-state index is 11.5. The van der Waals surface area contributed by atoms with Gasteiger partial charge in [0, 0.05) is 25.7 Å². The molecular formula is C12H17ClN2O2. The van der Waals surface area contributed by atoms with Crippen LogP contribution in [0.3, 0.4) is 0 Å². The van der Waals surface area contributed by atoms with Crippen LogP contribution in [0.4, 0.5) is 0 Å². The highest BCUT2D eigenvalue weighted by atomic mass is 35.5. The number of phenols is 1. The largest absolute Gasteiger partial charge is 0.506 e. The molecule has 0 aliphatic rings. The molecule has 0 saturated carbocycles. The van der Waals surface area contributed by atoms with Gasteiger partial charge in [-0.05, 0) is 13.0 Å². The minimum Gasteiger partial charge on any atom is -0.506 e. The molecular weight excluding hydrogens is 240 g/mol. The van der Waals surface area contributed by atoms with Crippen molar-refractivity contribution >= 4 is 17.5 Å². The molecule has 0 heterocycles. The first-order chi connectivity index (χ1) is 8.06. The lowest BCUT2D eigenvalue weighted by Gasteiger charge is -2.15. The van der Waals surface area contributed by atoms with Gasteiger partial charge in [0.15, 0.2) is 0 Å². The number of rotatable bonds is 5. The third-order valence-electron chi connectivity index (χ3n) is 2.56. The van der Waals surface area contributed by atoms with Crippen LogP contribution in [-0.4, -0.2) is 36.1 Å². The number of carbonyl (C=O) groups excluding carboxylic acids is 1. The van der Waals surface area contributed by atoms with E-state index in [0.717, 1.165) is 0 Å². The summed E-state index contributed by atoms with van der Waals surface area (Å²) in [6, 6.07) is 5.15. The van der Waals surface area contributed by atoms with Crippen LogP contribution in [0, 0.1) is 0 Å². The number of amides is 1. The Morgan fingerprint density at radius 3 is 2.88 bits per heavy atom. The molecule has 0 radical (unpaired) electrons. The van der Waals surface area contributed by atoms with Gasteiger partial charge in [0.2, 0.25) is 5.91 Å². The second kappa shape index (κ2) is 6.47. The Morgan fingerprint density at radius 2 is 2.24 bits per heavy atom. The summed E-state index contributed by atoms with van der Waals surface area (Å²) in [5, 5.41) is 12.9. The fourth-order valence-corrected chi connectivity index (χ4v) is 1.51. The number of likely N-dealkylation sites (N-methyl/N-ethyl adjacent to an activating group) is 1. The molecule has 0 atom stereocenters. The van der Waals surface area contributed by atoms with Gasteiger partial charge < -0.3 is 15.3 Å². The summed E-state index contributed by atoms with van der Waals surface area (Å²) in [6.45, 7) is 3.26.